The molecule has 0 unspecified atom stereocenters. The number of aromatic hydroxyl groups is 1. The van der Waals surface area contributed by atoms with Gasteiger partial charge >= 0.3 is 0 Å². The number of carbonyl (C=O) groups is 1. The third-order valence-corrected chi connectivity index (χ3v) is 2.53. The van der Waals surface area contributed by atoms with E-state index in [1.54, 1.807) is 0 Å². The molecule has 14 heavy (non-hydrogen) atoms. The molecule has 0 saturated carbocycles. The monoisotopic (exact) mass is 214 g/mol. The Labute approximate surface area is 85.2 Å². The highest BCUT2D eigenvalue weighted by atomic mass is 32.1. The highest BCUT2D eigenvalue weighted by Crippen LogP contribution is 2.11. The van der Waals surface area contributed by atoms with Crippen molar-refractivity contribution >= 4 is 18.0 Å². The van der Waals surface area contributed by atoms with Crippen LogP contribution in [0.5, 0.6) is 5.88 Å². The average molecular weight is 214 g/mol. The highest BCUT2D eigenvalue weighted by Gasteiger charge is 2.16. The molecule has 76 valence electrons. The van der Waals surface area contributed by atoms with Gasteiger partial charge in [-0.2, -0.15) is 0 Å². The molecule has 1 aromatic heterocycles. The molecule has 6 heteroatoms. The summed E-state index contributed by atoms with van der Waals surface area (Å²) in [4.78, 5) is 22.6. The maximum atomic E-state index is 11.5. The van der Waals surface area contributed by atoms with Crippen LogP contribution < -0.4 is 5.56 Å². The molecule has 0 amide bonds. The highest BCUT2D eigenvalue weighted by molar-refractivity contribution is 7.71. The molecule has 0 saturated heterocycles. The molecule has 0 spiro atoms. The van der Waals surface area contributed by atoms with Crippen LogP contribution in [-0.4, -0.2) is 20.0 Å². The van der Waals surface area contributed by atoms with E-state index >= 15 is 0 Å². The van der Waals surface area contributed by atoms with Crippen molar-refractivity contribution in [2.45, 2.75) is 6.92 Å². The second-order valence-electron chi connectivity index (χ2n) is 2.96. The molecule has 5 nitrogen and oxygen atoms in total. The van der Waals surface area contributed by atoms with Gasteiger partial charge in [-0.25, -0.2) is 0 Å². The Morgan fingerprint density at radius 3 is 2.29 bits per heavy atom. The number of ketones is 1. The van der Waals surface area contributed by atoms with Gasteiger partial charge in [0.25, 0.3) is 5.56 Å². The summed E-state index contributed by atoms with van der Waals surface area (Å²) in [6.45, 7) is 1.22. The zero-order chi connectivity index (χ0) is 11.0. The number of nitrogens with zero attached hydrogens (tertiary/aromatic N) is 2. The topological polar surface area (TPSA) is 64.2 Å². The van der Waals surface area contributed by atoms with Gasteiger partial charge in [0.1, 0.15) is 5.56 Å². The summed E-state index contributed by atoms with van der Waals surface area (Å²) in [5.41, 5.74) is -0.804. The number of aromatic nitrogens is 2. The minimum atomic E-state index is -0.571. The molecule has 1 heterocycles. The molecule has 0 aliphatic rings. The van der Waals surface area contributed by atoms with Crippen LogP contribution in [0, 0.1) is 4.77 Å². The van der Waals surface area contributed by atoms with Gasteiger partial charge in [0, 0.05) is 14.1 Å². The average Bonchev–Trinajstić information content (AvgIpc) is 2.11. The quantitative estimate of drug-likeness (QED) is 0.541. The summed E-state index contributed by atoms with van der Waals surface area (Å²) >= 11 is 4.87. The van der Waals surface area contributed by atoms with E-state index in [-0.39, 0.29) is 16.2 Å². The van der Waals surface area contributed by atoms with Crippen molar-refractivity contribution in [3.8, 4) is 5.88 Å². The van der Waals surface area contributed by atoms with Gasteiger partial charge in [0.2, 0.25) is 5.88 Å². The lowest BCUT2D eigenvalue weighted by molar-refractivity contribution is 0.101. The largest absolute Gasteiger partial charge is 0.494 e. The Balaban J connectivity index is 3.88. The third kappa shape index (κ3) is 1.37. The summed E-state index contributed by atoms with van der Waals surface area (Å²) in [7, 11) is 2.94. The Hall–Kier alpha value is -1.43. The van der Waals surface area contributed by atoms with Crippen LogP contribution in [-0.2, 0) is 14.1 Å². The first-order valence-electron chi connectivity index (χ1n) is 3.87. The molecule has 0 aliphatic carbocycles. The molecule has 0 aliphatic heterocycles. The molecule has 0 bridgehead atoms. The first-order valence-corrected chi connectivity index (χ1v) is 4.28. The number of Topliss-reactive ketones (excluding diaryl/α,β-unsaturated/α-hetero) is 1. The fraction of sp³-hybridized carbons (Fsp3) is 0.375. The maximum Gasteiger partial charge on any atom is 0.268 e. The standard InChI is InChI=1S/C8H10N2O3S/c1-4(11)5-6(12)9(2)8(14)10(3)7(5)13/h12H,1-3H3. The molecule has 1 aromatic rings. The van der Waals surface area contributed by atoms with Crippen molar-refractivity contribution in [2.75, 3.05) is 0 Å². The summed E-state index contributed by atoms with van der Waals surface area (Å²) < 4.78 is 2.52. The number of hydrogen-bond acceptors (Lipinski definition) is 4. The fourth-order valence-electron chi connectivity index (χ4n) is 1.14. The Kier molecular flexibility index (Phi) is 2.57. The number of hydrogen-bond donors (Lipinski definition) is 1. The van der Waals surface area contributed by atoms with Crippen LogP contribution in [0.15, 0.2) is 4.79 Å². The first-order chi connectivity index (χ1) is 6.37. The molecule has 0 aromatic carbocycles. The van der Waals surface area contributed by atoms with E-state index in [9.17, 15) is 14.7 Å². The van der Waals surface area contributed by atoms with Crippen molar-refractivity contribution in [2.24, 2.45) is 14.1 Å². The van der Waals surface area contributed by atoms with Crippen molar-refractivity contribution in [1.82, 2.24) is 9.13 Å². The zero-order valence-electron chi connectivity index (χ0n) is 8.07. The van der Waals surface area contributed by atoms with Crippen LogP contribution in [0.4, 0.5) is 0 Å². The van der Waals surface area contributed by atoms with Crippen molar-refractivity contribution in [3.05, 3.63) is 20.7 Å². The van der Waals surface area contributed by atoms with E-state index in [2.05, 4.69) is 0 Å². The zero-order valence-corrected chi connectivity index (χ0v) is 8.88. The molecule has 0 fully saturated rings. The SMILES string of the molecule is CC(=O)c1c(O)n(C)c(=S)n(C)c1=O. The fourth-order valence-corrected chi connectivity index (χ4v) is 1.31. The summed E-state index contributed by atoms with van der Waals surface area (Å²) in [6.07, 6.45) is 0. The van der Waals surface area contributed by atoms with E-state index in [1.807, 2.05) is 0 Å². The lowest BCUT2D eigenvalue weighted by Crippen LogP contribution is -2.27. The van der Waals surface area contributed by atoms with Gasteiger partial charge < -0.3 is 5.11 Å². The van der Waals surface area contributed by atoms with Crippen molar-refractivity contribution in [1.29, 1.82) is 0 Å². The third-order valence-electron chi connectivity index (χ3n) is 1.99. The minimum Gasteiger partial charge on any atom is -0.494 e. The first kappa shape index (κ1) is 10.6. The number of rotatable bonds is 1. The molecule has 0 atom stereocenters. The molecule has 1 N–H and O–H groups in total. The van der Waals surface area contributed by atoms with Gasteiger partial charge in [-0.15, -0.1) is 0 Å². The van der Waals surface area contributed by atoms with Crippen LogP contribution in [0.2, 0.25) is 0 Å². The molecular formula is C8H10N2O3S. The van der Waals surface area contributed by atoms with E-state index < -0.39 is 11.3 Å². The van der Waals surface area contributed by atoms with Gasteiger partial charge in [-0.1, -0.05) is 0 Å². The maximum absolute atomic E-state index is 11.5. The summed E-state index contributed by atoms with van der Waals surface area (Å²) in [5.74, 6) is -0.862. The van der Waals surface area contributed by atoms with E-state index in [0.717, 1.165) is 4.57 Å². The minimum absolute atomic E-state index is 0.164. The lowest BCUT2D eigenvalue weighted by Gasteiger charge is -2.09. The summed E-state index contributed by atoms with van der Waals surface area (Å²) in [6, 6.07) is 0. The molecular weight excluding hydrogens is 204 g/mol. The van der Waals surface area contributed by atoms with Gasteiger partial charge in [-0.3, -0.25) is 18.7 Å². The van der Waals surface area contributed by atoms with Crippen molar-refractivity contribution in [3.63, 3.8) is 0 Å². The second-order valence-corrected chi connectivity index (χ2v) is 3.33. The normalized spacial score (nSPS) is 10.2. The van der Waals surface area contributed by atoms with Gasteiger partial charge in [0.05, 0.1) is 0 Å². The summed E-state index contributed by atoms with van der Waals surface area (Å²) in [5, 5.41) is 9.52. The molecule has 0 radical (unpaired) electrons. The van der Waals surface area contributed by atoms with E-state index in [4.69, 9.17) is 12.2 Å². The van der Waals surface area contributed by atoms with Crippen LogP contribution in [0.3, 0.4) is 0 Å². The molecule has 1 rings (SSSR count). The van der Waals surface area contributed by atoms with Crippen LogP contribution >= 0.6 is 12.2 Å². The Morgan fingerprint density at radius 2 is 1.86 bits per heavy atom. The second kappa shape index (κ2) is 3.38. The number of carbonyl (C=O) groups excluding carboxylic acids is 1. The van der Waals surface area contributed by atoms with Gasteiger partial charge in [0.15, 0.2) is 10.6 Å². The van der Waals surface area contributed by atoms with Crippen molar-refractivity contribution < 1.29 is 9.90 Å². The van der Waals surface area contributed by atoms with E-state index in [1.165, 1.54) is 25.6 Å². The van der Waals surface area contributed by atoms with Crippen LogP contribution in [0.1, 0.15) is 17.3 Å². The Bertz CT molecular complexity index is 513. The lowest BCUT2D eigenvalue weighted by atomic mass is 10.2. The smallest absolute Gasteiger partial charge is 0.268 e. The van der Waals surface area contributed by atoms with Crippen LogP contribution in [0.25, 0.3) is 0 Å². The predicted molar refractivity (Wildman–Crippen MR) is 53.2 cm³/mol. The Morgan fingerprint density at radius 1 is 1.36 bits per heavy atom. The van der Waals surface area contributed by atoms with Gasteiger partial charge in [-0.05, 0) is 19.1 Å². The predicted octanol–water partition coefficient (Wildman–Crippen LogP) is 0.361. The van der Waals surface area contributed by atoms with E-state index in [0.29, 0.717) is 0 Å².